The lowest BCUT2D eigenvalue weighted by molar-refractivity contribution is 0.150. The fourth-order valence-electron chi connectivity index (χ4n) is 2.66. The average molecular weight is 274 g/mol. The predicted octanol–water partition coefficient (Wildman–Crippen LogP) is 3.26. The van der Waals surface area contributed by atoms with Gasteiger partial charge in [0.1, 0.15) is 11.9 Å². The van der Waals surface area contributed by atoms with Crippen molar-refractivity contribution in [1.29, 1.82) is 0 Å². The van der Waals surface area contributed by atoms with Crippen LogP contribution in [0.5, 0.6) is 5.88 Å². The summed E-state index contributed by atoms with van der Waals surface area (Å²) in [6, 6.07) is 0. The van der Waals surface area contributed by atoms with Gasteiger partial charge in [0, 0.05) is 18.9 Å². The molecule has 0 aromatic carbocycles. The molecule has 2 heterocycles. The first kappa shape index (κ1) is 13.2. The molecule has 1 N–H and O–H groups in total. The molecule has 0 unspecified atom stereocenters. The number of hydrogen-bond acceptors (Lipinski definition) is 4. The van der Waals surface area contributed by atoms with Gasteiger partial charge in [-0.25, -0.2) is 4.98 Å². The summed E-state index contributed by atoms with van der Waals surface area (Å²) in [6.45, 7) is 3.05. The lowest BCUT2D eigenvalue weighted by Gasteiger charge is -2.22. The molecule has 5 heteroatoms. The van der Waals surface area contributed by atoms with Crippen LogP contribution in [0.3, 0.4) is 0 Å². The number of hydrogen-bond donors (Lipinski definition) is 1. The smallest absolute Gasteiger partial charge is 0.260 e. The summed E-state index contributed by atoms with van der Waals surface area (Å²) < 4.78 is 8.09. The zero-order valence-corrected chi connectivity index (χ0v) is 12.0. The molecule has 1 aliphatic carbocycles. The topological polar surface area (TPSA) is 51.5 Å². The molecule has 2 aromatic rings. The highest BCUT2D eigenvalue weighted by Crippen LogP contribution is 2.25. The van der Waals surface area contributed by atoms with E-state index in [0.717, 1.165) is 37.3 Å². The van der Waals surface area contributed by atoms with Gasteiger partial charge in [-0.3, -0.25) is 4.40 Å². The van der Waals surface area contributed by atoms with Crippen LogP contribution >= 0.6 is 0 Å². The Hall–Kier alpha value is -1.78. The van der Waals surface area contributed by atoms with Gasteiger partial charge in [0.25, 0.3) is 5.88 Å². The summed E-state index contributed by atoms with van der Waals surface area (Å²) in [5.74, 6) is 1.51. The molecule has 5 nitrogen and oxygen atoms in total. The quantitative estimate of drug-likeness (QED) is 0.909. The first-order valence-corrected chi connectivity index (χ1v) is 7.61. The van der Waals surface area contributed by atoms with Crippen molar-refractivity contribution in [3.63, 3.8) is 0 Å². The monoisotopic (exact) mass is 274 g/mol. The highest BCUT2D eigenvalue weighted by atomic mass is 16.5. The van der Waals surface area contributed by atoms with E-state index in [-0.39, 0.29) is 6.10 Å². The number of aromatic nitrogens is 3. The van der Waals surface area contributed by atoms with Crippen LogP contribution in [0.15, 0.2) is 18.6 Å². The summed E-state index contributed by atoms with van der Waals surface area (Å²) in [6.07, 6.45) is 13.1. The Morgan fingerprint density at radius 3 is 3.00 bits per heavy atom. The summed E-state index contributed by atoms with van der Waals surface area (Å²) in [7, 11) is 0. The minimum absolute atomic E-state index is 0.290. The van der Waals surface area contributed by atoms with Crippen molar-refractivity contribution in [2.75, 3.05) is 11.9 Å². The second kappa shape index (κ2) is 6.11. The van der Waals surface area contributed by atoms with Crippen molar-refractivity contribution in [3.05, 3.63) is 18.6 Å². The van der Waals surface area contributed by atoms with Crippen LogP contribution in [0.2, 0.25) is 0 Å². The molecular weight excluding hydrogens is 252 g/mol. The van der Waals surface area contributed by atoms with Crippen LogP contribution in [0.25, 0.3) is 5.65 Å². The second-order valence-electron chi connectivity index (χ2n) is 5.39. The summed E-state index contributed by atoms with van der Waals surface area (Å²) >= 11 is 0. The van der Waals surface area contributed by atoms with E-state index in [4.69, 9.17) is 4.74 Å². The van der Waals surface area contributed by atoms with Crippen LogP contribution in [-0.2, 0) is 0 Å². The van der Waals surface area contributed by atoms with E-state index in [1.54, 1.807) is 6.20 Å². The molecule has 0 bridgehead atoms. The summed E-state index contributed by atoms with van der Waals surface area (Å²) in [5, 5.41) is 3.31. The third kappa shape index (κ3) is 2.86. The lowest BCUT2D eigenvalue weighted by atomic mass is 9.98. The molecule has 3 rings (SSSR count). The average Bonchev–Trinajstić information content (AvgIpc) is 2.95. The second-order valence-corrected chi connectivity index (χ2v) is 5.39. The molecule has 1 saturated carbocycles. The Morgan fingerprint density at radius 2 is 2.20 bits per heavy atom. The number of ether oxygens (including phenoxy) is 1. The molecule has 0 spiro atoms. The Balaban J connectivity index is 1.84. The maximum absolute atomic E-state index is 6.11. The molecule has 0 amide bonds. The molecule has 1 fully saturated rings. The highest BCUT2D eigenvalue weighted by molar-refractivity contribution is 5.53. The standard InChI is InChI=1S/C15H22N4O/c1-2-8-16-13-11-19-10-9-17-14(19)15(18-13)20-12-6-4-3-5-7-12/h9-12,16H,2-8H2,1H3. The van der Waals surface area contributed by atoms with Gasteiger partial charge >= 0.3 is 0 Å². The number of nitrogens with zero attached hydrogens (tertiary/aromatic N) is 3. The van der Waals surface area contributed by atoms with Crippen LogP contribution in [-0.4, -0.2) is 27.0 Å². The first-order chi connectivity index (χ1) is 9.86. The van der Waals surface area contributed by atoms with Gasteiger partial charge in [-0.2, -0.15) is 4.98 Å². The maximum Gasteiger partial charge on any atom is 0.260 e. The van der Waals surface area contributed by atoms with Crippen LogP contribution < -0.4 is 10.1 Å². The Bertz CT molecular complexity index is 560. The lowest BCUT2D eigenvalue weighted by Crippen LogP contribution is -2.21. The van der Waals surface area contributed by atoms with Crippen molar-refractivity contribution < 1.29 is 4.74 Å². The van der Waals surface area contributed by atoms with Gasteiger partial charge in [0.2, 0.25) is 5.65 Å². The van der Waals surface area contributed by atoms with Crippen molar-refractivity contribution in [2.45, 2.75) is 51.6 Å². The molecule has 0 radical (unpaired) electrons. The molecule has 0 saturated heterocycles. The Kier molecular flexibility index (Phi) is 4.04. The zero-order valence-electron chi connectivity index (χ0n) is 12.0. The molecule has 2 aromatic heterocycles. The van der Waals surface area contributed by atoms with Crippen LogP contribution in [0, 0.1) is 0 Å². The number of anilines is 1. The number of imidazole rings is 1. The highest BCUT2D eigenvalue weighted by Gasteiger charge is 2.18. The van der Waals surface area contributed by atoms with Gasteiger partial charge < -0.3 is 10.1 Å². The van der Waals surface area contributed by atoms with Crippen molar-refractivity contribution in [1.82, 2.24) is 14.4 Å². The van der Waals surface area contributed by atoms with E-state index in [9.17, 15) is 0 Å². The Labute approximate surface area is 119 Å². The predicted molar refractivity (Wildman–Crippen MR) is 79.3 cm³/mol. The molecule has 1 aliphatic rings. The third-order valence-electron chi connectivity index (χ3n) is 3.73. The molecule has 0 atom stereocenters. The van der Waals surface area contributed by atoms with E-state index in [2.05, 4.69) is 22.2 Å². The summed E-state index contributed by atoms with van der Waals surface area (Å²) in [4.78, 5) is 8.94. The molecule has 0 aliphatic heterocycles. The van der Waals surface area contributed by atoms with Crippen molar-refractivity contribution in [3.8, 4) is 5.88 Å². The van der Waals surface area contributed by atoms with E-state index < -0.39 is 0 Å². The minimum Gasteiger partial charge on any atom is -0.472 e. The number of nitrogens with one attached hydrogen (secondary N) is 1. The minimum atomic E-state index is 0.290. The zero-order chi connectivity index (χ0) is 13.8. The normalized spacial score (nSPS) is 16.4. The maximum atomic E-state index is 6.11. The molecular formula is C15H22N4O. The van der Waals surface area contributed by atoms with Crippen molar-refractivity contribution in [2.24, 2.45) is 0 Å². The van der Waals surface area contributed by atoms with Gasteiger partial charge in [0.05, 0.1) is 6.20 Å². The van der Waals surface area contributed by atoms with Gasteiger partial charge in [-0.1, -0.05) is 13.3 Å². The van der Waals surface area contributed by atoms with Crippen LogP contribution in [0.4, 0.5) is 5.82 Å². The van der Waals surface area contributed by atoms with Gasteiger partial charge in [0.15, 0.2) is 0 Å². The van der Waals surface area contributed by atoms with E-state index in [1.807, 2.05) is 16.8 Å². The van der Waals surface area contributed by atoms with E-state index in [0.29, 0.717) is 5.88 Å². The van der Waals surface area contributed by atoms with Gasteiger partial charge in [-0.15, -0.1) is 0 Å². The third-order valence-corrected chi connectivity index (χ3v) is 3.73. The number of fused-ring (bicyclic) bond motifs is 1. The van der Waals surface area contributed by atoms with Crippen LogP contribution in [0.1, 0.15) is 45.4 Å². The summed E-state index contributed by atoms with van der Waals surface area (Å²) in [5.41, 5.74) is 0.803. The van der Waals surface area contributed by atoms with Gasteiger partial charge in [-0.05, 0) is 32.1 Å². The fourth-order valence-corrected chi connectivity index (χ4v) is 2.66. The van der Waals surface area contributed by atoms with E-state index >= 15 is 0 Å². The fraction of sp³-hybridized carbons (Fsp3) is 0.600. The molecule has 20 heavy (non-hydrogen) atoms. The largest absolute Gasteiger partial charge is 0.472 e. The SMILES string of the molecule is CCCNc1cn2ccnc2c(OC2CCCCC2)n1. The number of rotatable bonds is 5. The van der Waals surface area contributed by atoms with Crippen molar-refractivity contribution >= 4 is 11.5 Å². The molecule has 108 valence electrons. The van der Waals surface area contributed by atoms with E-state index in [1.165, 1.54) is 19.3 Å². The Morgan fingerprint density at radius 1 is 1.35 bits per heavy atom. The first-order valence-electron chi connectivity index (χ1n) is 7.61.